The Morgan fingerprint density at radius 3 is 2.81 bits per heavy atom. The highest BCUT2D eigenvalue weighted by Crippen LogP contribution is 2.27. The molecule has 0 aliphatic heterocycles. The maximum absolute atomic E-state index is 12.2. The molecule has 1 amide bonds. The lowest BCUT2D eigenvalue weighted by Crippen LogP contribution is -2.14. The standard InChI is InChI=1S/C19H22N4O3/c1-4-10-23-19-14(11-13-7-5-6-12(2)17(13)21-19)18(22-23)20-15(24)8-9-16(25)26-3/h5-7,11H,4,8-10H2,1-3H3,(H,20,22,24). The number of para-hydroxylation sites is 1. The fraction of sp³-hybridized carbons (Fsp3) is 0.368. The predicted octanol–water partition coefficient (Wildman–Crippen LogP) is 3.19. The van der Waals surface area contributed by atoms with Gasteiger partial charge in [-0.25, -0.2) is 9.67 Å². The number of nitrogens with zero attached hydrogens (tertiary/aromatic N) is 3. The van der Waals surface area contributed by atoms with Gasteiger partial charge in [0.25, 0.3) is 0 Å². The molecule has 7 heteroatoms. The average Bonchev–Trinajstić information content (AvgIpc) is 2.95. The fourth-order valence-electron chi connectivity index (χ4n) is 2.90. The second-order valence-corrected chi connectivity index (χ2v) is 6.20. The number of amides is 1. The molecule has 0 bridgehead atoms. The molecule has 3 rings (SSSR count). The number of aryl methyl sites for hydroxylation is 2. The first-order valence-electron chi connectivity index (χ1n) is 8.67. The first kappa shape index (κ1) is 17.8. The minimum absolute atomic E-state index is 0.0380. The topological polar surface area (TPSA) is 86.1 Å². The lowest BCUT2D eigenvalue weighted by Gasteiger charge is -2.04. The molecule has 0 saturated heterocycles. The zero-order chi connectivity index (χ0) is 18.7. The number of pyridine rings is 1. The second kappa shape index (κ2) is 7.51. The van der Waals surface area contributed by atoms with Gasteiger partial charge >= 0.3 is 5.97 Å². The average molecular weight is 354 g/mol. The van der Waals surface area contributed by atoms with Crippen LogP contribution in [-0.2, 0) is 20.9 Å². The summed E-state index contributed by atoms with van der Waals surface area (Å²) in [5, 5.41) is 9.12. The van der Waals surface area contributed by atoms with E-state index in [1.54, 1.807) is 0 Å². The number of carbonyl (C=O) groups excluding carboxylic acids is 2. The van der Waals surface area contributed by atoms with Gasteiger partial charge in [0, 0.05) is 18.4 Å². The Hall–Kier alpha value is -2.96. The van der Waals surface area contributed by atoms with Crippen LogP contribution in [0.1, 0.15) is 31.7 Å². The van der Waals surface area contributed by atoms with Crippen LogP contribution in [0.15, 0.2) is 24.3 Å². The quantitative estimate of drug-likeness (QED) is 0.687. The van der Waals surface area contributed by atoms with E-state index in [1.165, 1.54) is 7.11 Å². The largest absolute Gasteiger partial charge is 0.469 e. The smallest absolute Gasteiger partial charge is 0.306 e. The molecule has 1 N–H and O–H groups in total. The van der Waals surface area contributed by atoms with E-state index in [-0.39, 0.29) is 18.7 Å². The summed E-state index contributed by atoms with van der Waals surface area (Å²) in [6, 6.07) is 8.00. The van der Waals surface area contributed by atoms with E-state index in [4.69, 9.17) is 4.98 Å². The van der Waals surface area contributed by atoms with Crippen LogP contribution >= 0.6 is 0 Å². The van der Waals surface area contributed by atoms with Crippen molar-refractivity contribution < 1.29 is 14.3 Å². The van der Waals surface area contributed by atoms with Gasteiger partial charge in [-0.05, 0) is 25.0 Å². The Kier molecular flexibility index (Phi) is 5.16. The number of esters is 1. The number of rotatable bonds is 6. The van der Waals surface area contributed by atoms with Crippen molar-refractivity contribution >= 4 is 39.6 Å². The lowest BCUT2D eigenvalue weighted by atomic mass is 10.1. The molecule has 0 aliphatic carbocycles. The van der Waals surface area contributed by atoms with E-state index in [0.717, 1.165) is 33.9 Å². The van der Waals surface area contributed by atoms with E-state index in [9.17, 15) is 9.59 Å². The van der Waals surface area contributed by atoms with E-state index in [2.05, 4.69) is 22.1 Å². The summed E-state index contributed by atoms with van der Waals surface area (Å²) in [4.78, 5) is 28.2. The van der Waals surface area contributed by atoms with Crippen molar-refractivity contribution in [3.05, 3.63) is 29.8 Å². The van der Waals surface area contributed by atoms with Crippen molar-refractivity contribution in [3.63, 3.8) is 0 Å². The maximum Gasteiger partial charge on any atom is 0.306 e. The first-order chi connectivity index (χ1) is 12.5. The molecule has 3 aromatic rings. The molecule has 0 aliphatic rings. The number of anilines is 1. The lowest BCUT2D eigenvalue weighted by molar-refractivity contribution is -0.141. The first-order valence-corrected chi connectivity index (χ1v) is 8.67. The number of ether oxygens (including phenoxy) is 1. The number of benzene rings is 1. The summed E-state index contributed by atoms with van der Waals surface area (Å²) in [7, 11) is 1.30. The van der Waals surface area contributed by atoms with Crippen molar-refractivity contribution in [2.75, 3.05) is 12.4 Å². The van der Waals surface area contributed by atoms with Crippen molar-refractivity contribution in [1.82, 2.24) is 14.8 Å². The van der Waals surface area contributed by atoms with Crippen LogP contribution in [0.25, 0.3) is 21.9 Å². The molecule has 2 heterocycles. The summed E-state index contributed by atoms with van der Waals surface area (Å²) in [5.74, 6) is -0.216. The number of methoxy groups -OCH3 is 1. The van der Waals surface area contributed by atoms with Crippen LogP contribution in [0.5, 0.6) is 0 Å². The summed E-state index contributed by atoms with van der Waals surface area (Å²) in [6.07, 6.45) is 0.991. The third-order valence-electron chi connectivity index (χ3n) is 4.22. The van der Waals surface area contributed by atoms with Crippen molar-refractivity contribution in [2.45, 2.75) is 39.7 Å². The molecule has 0 spiro atoms. The Labute approximate surface area is 151 Å². The summed E-state index contributed by atoms with van der Waals surface area (Å²) < 4.78 is 6.38. The van der Waals surface area contributed by atoms with Crippen LogP contribution in [-0.4, -0.2) is 33.8 Å². The van der Waals surface area contributed by atoms with E-state index in [0.29, 0.717) is 12.4 Å². The minimum atomic E-state index is -0.412. The zero-order valence-corrected chi connectivity index (χ0v) is 15.2. The highest BCUT2D eigenvalue weighted by molar-refractivity contribution is 6.03. The van der Waals surface area contributed by atoms with Gasteiger partial charge in [-0.2, -0.15) is 5.10 Å². The highest BCUT2D eigenvalue weighted by atomic mass is 16.5. The molecule has 0 atom stereocenters. The highest BCUT2D eigenvalue weighted by Gasteiger charge is 2.16. The zero-order valence-electron chi connectivity index (χ0n) is 15.2. The van der Waals surface area contributed by atoms with Gasteiger partial charge in [0.2, 0.25) is 5.91 Å². The van der Waals surface area contributed by atoms with Gasteiger partial charge in [-0.15, -0.1) is 0 Å². The van der Waals surface area contributed by atoms with Gasteiger partial charge in [0.15, 0.2) is 11.5 Å². The molecule has 7 nitrogen and oxygen atoms in total. The van der Waals surface area contributed by atoms with E-state index < -0.39 is 5.97 Å². The Balaban J connectivity index is 1.99. The number of aromatic nitrogens is 3. The van der Waals surface area contributed by atoms with Gasteiger partial charge in [0.05, 0.1) is 24.4 Å². The monoisotopic (exact) mass is 354 g/mol. The van der Waals surface area contributed by atoms with Crippen LogP contribution in [0.3, 0.4) is 0 Å². The SMILES string of the molecule is CCCn1nc(NC(=O)CCC(=O)OC)c2cc3cccc(C)c3nc21. The van der Waals surface area contributed by atoms with E-state index >= 15 is 0 Å². The fourth-order valence-corrected chi connectivity index (χ4v) is 2.90. The number of carbonyl (C=O) groups is 2. The maximum atomic E-state index is 12.2. The van der Waals surface area contributed by atoms with E-state index in [1.807, 2.05) is 35.9 Å². The Morgan fingerprint density at radius 1 is 1.27 bits per heavy atom. The number of nitrogens with one attached hydrogen (secondary N) is 1. The van der Waals surface area contributed by atoms with Crippen molar-refractivity contribution in [3.8, 4) is 0 Å². The van der Waals surface area contributed by atoms with Crippen LogP contribution in [0.4, 0.5) is 5.82 Å². The van der Waals surface area contributed by atoms with Crippen LogP contribution in [0.2, 0.25) is 0 Å². The number of hydrogen-bond acceptors (Lipinski definition) is 5. The normalized spacial score (nSPS) is 11.0. The number of fused-ring (bicyclic) bond motifs is 2. The van der Waals surface area contributed by atoms with Gasteiger partial charge in [0.1, 0.15) is 0 Å². The van der Waals surface area contributed by atoms with Gasteiger partial charge in [-0.3, -0.25) is 9.59 Å². The minimum Gasteiger partial charge on any atom is -0.469 e. The summed E-state index contributed by atoms with van der Waals surface area (Å²) >= 11 is 0. The molecule has 0 radical (unpaired) electrons. The van der Waals surface area contributed by atoms with Crippen molar-refractivity contribution in [1.29, 1.82) is 0 Å². The van der Waals surface area contributed by atoms with Crippen molar-refractivity contribution in [2.24, 2.45) is 0 Å². The molecule has 1 aromatic carbocycles. The van der Waals surface area contributed by atoms with Crippen LogP contribution in [0, 0.1) is 6.92 Å². The molecule has 26 heavy (non-hydrogen) atoms. The molecular weight excluding hydrogens is 332 g/mol. The van der Waals surface area contributed by atoms with Crippen LogP contribution < -0.4 is 5.32 Å². The predicted molar refractivity (Wildman–Crippen MR) is 99.9 cm³/mol. The molecule has 0 fully saturated rings. The third-order valence-corrected chi connectivity index (χ3v) is 4.22. The number of hydrogen-bond donors (Lipinski definition) is 1. The molecule has 0 saturated carbocycles. The van der Waals surface area contributed by atoms with Gasteiger partial charge in [-0.1, -0.05) is 25.1 Å². The molecule has 136 valence electrons. The Bertz CT molecular complexity index is 978. The molecule has 0 unspecified atom stereocenters. The Morgan fingerprint density at radius 2 is 2.08 bits per heavy atom. The third kappa shape index (κ3) is 3.51. The molecular formula is C19H22N4O3. The second-order valence-electron chi connectivity index (χ2n) is 6.20. The summed E-state index contributed by atoms with van der Waals surface area (Å²) in [5.41, 5.74) is 2.77. The van der Waals surface area contributed by atoms with Gasteiger partial charge < -0.3 is 10.1 Å². The molecule has 2 aromatic heterocycles. The summed E-state index contributed by atoms with van der Waals surface area (Å²) in [6.45, 7) is 4.80.